The van der Waals surface area contributed by atoms with Crippen LogP contribution in [0.3, 0.4) is 0 Å². The van der Waals surface area contributed by atoms with Gasteiger partial charge < -0.3 is 30.9 Å². The van der Waals surface area contributed by atoms with Crippen LogP contribution in [-0.2, 0) is 19.2 Å². The Morgan fingerprint density at radius 3 is 2.28 bits per heavy atom. The second kappa shape index (κ2) is 15.2. The van der Waals surface area contributed by atoms with Crippen molar-refractivity contribution >= 4 is 29.7 Å². The molecule has 5 unspecified atom stereocenters. The average Bonchev–Trinajstić information content (AvgIpc) is 3.04. The Bertz CT molecular complexity index is 1010. The largest absolute Gasteiger partial charge is 0.481 e. The number of hydrogen-bond acceptors (Lipinski definition) is 5. The maximum absolute atomic E-state index is 13.6. The summed E-state index contributed by atoms with van der Waals surface area (Å²) in [5.41, 5.74) is 0. The minimum Gasteiger partial charge on any atom is -0.481 e. The summed E-state index contributed by atoms with van der Waals surface area (Å²) >= 11 is 0. The molecule has 43 heavy (non-hydrogen) atoms. The quantitative estimate of drug-likeness (QED) is 0.301. The zero-order valence-corrected chi connectivity index (χ0v) is 26.3. The summed E-state index contributed by atoms with van der Waals surface area (Å²) in [7, 11) is 0. The Morgan fingerprint density at radius 2 is 1.60 bits per heavy atom. The highest BCUT2D eigenvalue weighted by Gasteiger charge is 2.45. The molecule has 0 radical (unpaired) electrons. The predicted octanol–water partition coefficient (Wildman–Crippen LogP) is 3.27. The third kappa shape index (κ3) is 9.32. The van der Waals surface area contributed by atoms with Crippen molar-refractivity contribution < 1.29 is 29.1 Å². The van der Waals surface area contributed by atoms with Crippen LogP contribution >= 0.6 is 0 Å². The lowest BCUT2D eigenvalue weighted by Crippen LogP contribution is -2.52. The van der Waals surface area contributed by atoms with Crippen molar-refractivity contribution in [2.45, 2.75) is 128 Å². The van der Waals surface area contributed by atoms with Crippen LogP contribution in [-0.4, -0.2) is 88.4 Å². The molecular formula is C32H53N5O6. The van der Waals surface area contributed by atoms with Crippen molar-refractivity contribution in [3.05, 3.63) is 0 Å². The fraction of sp³-hybridized carbons (Fsp3) is 0.844. The van der Waals surface area contributed by atoms with E-state index < -0.39 is 11.9 Å². The second-order valence-corrected chi connectivity index (χ2v) is 14.0. The molecular weight excluding hydrogens is 550 g/mol. The number of rotatable bonds is 10. The topological polar surface area (TPSA) is 148 Å². The minimum atomic E-state index is -1.00. The first-order valence-corrected chi connectivity index (χ1v) is 16.7. The molecule has 3 aliphatic carbocycles. The molecule has 1 aliphatic heterocycles. The highest BCUT2D eigenvalue weighted by Crippen LogP contribution is 2.34. The summed E-state index contributed by atoms with van der Waals surface area (Å²) < 4.78 is 0. The minimum absolute atomic E-state index is 0.00850. The van der Waals surface area contributed by atoms with Gasteiger partial charge in [0, 0.05) is 43.7 Å². The normalized spacial score (nSPS) is 31.7. The number of carbonyl (C=O) groups is 5. The van der Waals surface area contributed by atoms with Crippen LogP contribution in [0.1, 0.15) is 104 Å². The van der Waals surface area contributed by atoms with E-state index >= 15 is 0 Å². The predicted molar refractivity (Wildman–Crippen MR) is 162 cm³/mol. The molecule has 1 saturated heterocycles. The van der Waals surface area contributed by atoms with E-state index in [9.17, 15) is 24.0 Å². The Kier molecular flexibility index (Phi) is 11.7. The lowest BCUT2D eigenvalue weighted by molar-refractivity contribution is -0.141. The molecule has 0 aromatic heterocycles. The third-order valence-corrected chi connectivity index (χ3v) is 10.1. The number of carbonyl (C=O) groups excluding carboxylic acids is 4. The lowest BCUT2D eigenvalue weighted by atomic mass is 9.79. The van der Waals surface area contributed by atoms with Gasteiger partial charge in [0.25, 0.3) is 0 Å². The Hall–Kier alpha value is -2.85. The van der Waals surface area contributed by atoms with E-state index in [-0.39, 0.29) is 79.3 Å². The summed E-state index contributed by atoms with van der Waals surface area (Å²) in [4.78, 5) is 66.8. The maximum atomic E-state index is 13.6. The fourth-order valence-electron chi connectivity index (χ4n) is 7.71. The fourth-order valence-corrected chi connectivity index (χ4v) is 7.71. The van der Waals surface area contributed by atoms with E-state index in [2.05, 4.69) is 22.9 Å². The van der Waals surface area contributed by atoms with Crippen molar-refractivity contribution in [1.82, 2.24) is 25.8 Å². The number of aliphatic carboxylic acids is 1. The molecule has 0 bridgehead atoms. The molecule has 1 heterocycles. The number of nitrogens with one attached hydrogen (secondary N) is 3. The van der Waals surface area contributed by atoms with Gasteiger partial charge in [-0.3, -0.25) is 19.2 Å². The average molecular weight is 604 g/mol. The van der Waals surface area contributed by atoms with E-state index in [0.717, 1.165) is 38.5 Å². The van der Waals surface area contributed by atoms with Crippen LogP contribution in [0.5, 0.6) is 0 Å². The van der Waals surface area contributed by atoms with Gasteiger partial charge >= 0.3 is 12.0 Å². The van der Waals surface area contributed by atoms with Crippen LogP contribution in [0, 0.1) is 23.7 Å². The number of amides is 5. The first kappa shape index (κ1) is 33.1. The van der Waals surface area contributed by atoms with E-state index in [1.807, 2.05) is 18.7 Å². The van der Waals surface area contributed by atoms with Gasteiger partial charge in [0.15, 0.2) is 0 Å². The molecule has 4 aliphatic rings. The molecule has 5 amide bonds. The molecule has 5 atom stereocenters. The van der Waals surface area contributed by atoms with Crippen molar-refractivity contribution in [2.75, 3.05) is 19.6 Å². The number of hydrogen-bond donors (Lipinski definition) is 4. The van der Waals surface area contributed by atoms with Crippen molar-refractivity contribution in [2.24, 2.45) is 23.7 Å². The monoisotopic (exact) mass is 603 g/mol. The van der Waals surface area contributed by atoms with Gasteiger partial charge in [-0.25, -0.2) is 4.79 Å². The van der Waals surface area contributed by atoms with E-state index in [4.69, 9.17) is 5.11 Å². The molecule has 0 aromatic carbocycles. The van der Waals surface area contributed by atoms with E-state index in [0.29, 0.717) is 38.1 Å². The van der Waals surface area contributed by atoms with E-state index in [1.165, 1.54) is 17.7 Å². The molecule has 242 valence electrons. The smallest absolute Gasteiger partial charge is 0.315 e. The van der Waals surface area contributed by atoms with Gasteiger partial charge in [-0.05, 0) is 75.5 Å². The first-order valence-electron chi connectivity index (χ1n) is 16.7. The highest BCUT2D eigenvalue weighted by atomic mass is 16.4. The van der Waals surface area contributed by atoms with Gasteiger partial charge in [-0.15, -0.1) is 0 Å². The van der Waals surface area contributed by atoms with Crippen LogP contribution in [0.2, 0.25) is 0 Å². The van der Waals surface area contributed by atoms with Gasteiger partial charge in [0.1, 0.15) is 0 Å². The third-order valence-electron chi connectivity index (χ3n) is 10.1. The maximum Gasteiger partial charge on any atom is 0.315 e. The number of urea groups is 1. The van der Waals surface area contributed by atoms with Gasteiger partial charge in [0.05, 0.1) is 18.9 Å². The summed E-state index contributed by atoms with van der Waals surface area (Å²) in [6.07, 6.45) is 10.1. The molecule has 11 nitrogen and oxygen atoms in total. The molecule has 0 spiro atoms. The van der Waals surface area contributed by atoms with Gasteiger partial charge in [-0.2, -0.15) is 0 Å². The Morgan fingerprint density at radius 1 is 0.907 bits per heavy atom. The van der Waals surface area contributed by atoms with E-state index in [1.54, 1.807) is 0 Å². The van der Waals surface area contributed by atoms with Crippen molar-refractivity contribution in [3.8, 4) is 0 Å². The first-order chi connectivity index (χ1) is 20.5. The SMILES string of the molecule is CC(C)CN1C(=O)CN(CCC(=O)O)C(=O)C2CC(NC(=O)CC3CCC(NC(=O)NC4CCCCC4C)CC3)CCC21. The number of carboxylic acid groups (broad SMARTS) is 1. The molecule has 3 saturated carbocycles. The second-order valence-electron chi connectivity index (χ2n) is 14.0. The summed E-state index contributed by atoms with van der Waals surface area (Å²) in [6.45, 7) is 6.75. The summed E-state index contributed by atoms with van der Waals surface area (Å²) in [5.74, 6) is -0.766. The number of fused-ring (bicyclic) bond motifs is 1. The number of nitrogens with zero attached hydrogens (tertiary/aromatic N) is 2. The molecule has 4 N–H and O–H groups in total. The molecule has 4 fully saturated rings. The lowest BCUT2D eigenvalue weighted by Gasteiger charge is -2.41. The number of carboxylic acids is 1. The van der Waals surface area contributed by atoms with Crippen LogP contribution in [0.4, 0.5) is 4.79 Å². The van der Waals surface area contributed by atoms with Crippen molar-refractivity contribution in [1.29, 1.82) is 0 Å². The standard InChI is InChI=1S/C32H53N5O6/c1-20(2)18-37-27-13-12-24(17-25(27)31(42)36(19-29(37)39)15-14-30(40)41)33-28(38)16-22-8-10-23(11-9-22)34-32(43)35-26-7-5-4-6-21(26)3/h20-27H,4-19H2,1-3H3,(H,33,38)(H,40,41)(H2,34,35,43). The molecule has 0 aromatic rings. The zero-order chi connectivity index (χ0) is 31.1. The Labute approximate surface area is 256 Å². The van der Waals surface area contributed by atoms with Gasteiger partial charge in [0.2, 0.25) is 17.7 Å². The Balaban J connectivity index is 1.25. The van der Waals surface area contributed by atoms with Crippen LogP contribution in [0.25, 0.3) is 0 Å². The zero-order valence-electron chi connectivity index (χ0n) is 26.3. The highest BCUT2D eigenvalue weighted by molar-refractivity contribution is 5.90. The summed E-state index contributed by atoms with van der Waals surface area (Å²) in [5, 5.41) is 18.7. The molecule has 11 heteroatoms. The summed E-state index contributed by atoms with van der Waals surface area (Å²) in [6, 6.07) is -0.0681. The van der Waals surface area contributed by atoms with Crippen LogP contribution < -0.4 is 16.0 Å². The van der Waals surface area contributed by atoms with Crippen molar-refractivity contribution in [3.63, 3.8) is 0 Å². The van der Waals surface area contributed by atoms with Crippen LogP contribution in [0.15, 0.2) is 0 Å². The molecule has 4 rings (SSSR count). The van der Waals surface area contributed by atoms with Gasteiger partial charge in [-0.1, -0.05) is 33.6 Å².